The van der Waals surface area contributed by atoms with Crippen LogP contribution in [0, 0.1) is 0 Å². The number of rotatable bonds is 2. The highest BCUT2D eigenvalue weighted by Gasteiger charge is 2.46. The lowest BCUT2D eigenvalue weighted by Gasteiger charge is -2.24. The van der Waals surface area contributed by atoms with E-state index in [4.69, 9.17) is 0 Å². The average molecular weight is 334 g/mol. The second-order valence-corrected chi connectivity index (χ2v) is 7.16. The predicted octanol–water partition coefficient (Wildman–Crippen LogP) is 4.12. The van der Waals surface area contributed by atoms with E-state index in [1.54, 1.807) is 12.1 Å². The molecule has 4 nitrogen and oxygen atoms in total. The lowest BCUT2D eigenvalue weighted by atomic mass is 9.81. The normalized spacial score (nSPS) is 17.6. The van der Waals surface area contributed by atoms with Crippen molar-refractivity contribution in [2.24, 2.45) is 0 Å². The molecular weight excluding hydrogens is 312 g/mol. The molecule has 2 aromatic rings. The molecule has 0 radical (unpaired) electrons. The summed E-state index contributed by atoms with van der Waals surface area (Å²) in [7, 11) is 0. The van der Waals surface area contributed by atoms with Gasteiger partial charge in [0.2, 0.25) is 5.91 Å². The second kappa shape index (κ2) is 6.03. The van der Waals surface area contributed by atoms with Crippen LogP contribution in [-0.4, -0.2) is 18.4 Å². The molecule has 0 atom stereocenters. The number of hydrogen-bond acceptors (Lipinski definition) is 2. The minimum absolute atomic E-state index is 0.00317. The second-order valence-electron chi connectivity index (χ2n) is 7.16. The third kappa shape index (κ3) is 2.72. The topological polar surface area (TPSA) is 49.4 Å². The summed E-state index contributed by atoms with van der Waals surface area (Å²) in [6.07, 6.45) is 4.77. The van der Waals surface area contributed by atoms with Crippen molar-refractivity contribution in [1.29, 1.82) is 0 Å². The van der Waals surface area contributed by atoms with E-state index in [1.165, 1.54) is 25.3 Å². The van der Waals surface area contributed by atoms with Gasteiger partial charge in [0.25, 0.3) is 5.91 Å². The zero-order valence-corrected chi connectivity index (χ0v) is 14.4. The largest absolute Gasteiger partial charge is 0.326 e. The maximum Gasteiger partial charge on any atom is 0.258 e. The van der Waals surface area contributed by atoms with Crippen LogP contribution in [0.4, 0.5) is 11.4 Å². The van der Waals surface area contributed by atoms with Crippen molar-refractivity contribution in [3.05, 3.63) is 59.7 Å². The molecule has 1 fully saturated rings. The van der Waals surface area contributed by atoms with E-state index in [1.807, 2.05) is 23.1 Å². The van der Waals surface area contributed by atoms with Crippen molar-refractivity contribution in [3.8, 4) is 0 Å². The van der Waals surface area contributed by atoms with Crippen LogP contribution in [0.5, 0.6) is 0 Å². The highest BCUT2D eigenvalue weighted by molar-refractivity contribution is 6.08. The van der Waals surface area contributed by atoms with Crippen LogP contribution >= 0.6 is 0 Å². The number of fused-ring (bicyclic) bond motifs is 2. The number of para-hydroxylation sites is 1. The van der Waals surface area contributed by atoms with Gasteiger partial charge >= 0.3 is 0 Å². The van der Waals surface area contributed by atoms with Gasteiger partial charge in [-0.15, -0.1) is 0 Å². The predicted molar refractivity (Wildman–Crippen MR) is 99.0 cm³/mol. The van der Waals surface area contributed by atoms with Crippen molar-refractivity contribution in [2.75, 3.05) is 16.8 Å². The van der Waals surface area contributed by atoms with Crippen molar-refractivity contribution >= 4 is 23.2 Å². The van der Waals surface area contributed by atoms with Crippen LogP contribution in [0.3, 0.4) is 0 Å². The van der Waals surface area contributed by atoms with E-state index in [0.717, 1.165) is 25.1 Å². The van der Waals surface area contributed by atoms with Gasteiger partial charge in [0.15, 0.2) is 0 Å². The molecule has 1 spiro atoms. The number of amides is 2. The number of anilines is 2. The summed E-state index contributed by atoms with van der Waals surface area (Å²) in [5, 5.41) is 2.75. The summed E-state index contributed by atoms with van der Waals surface area (Å²) in [6.45, 7) is 2.23. The van der Waals surface area contributed by atoms with Gasteiger partial charge in [0.1, 0.15) is 0 Å². The van der Waals surface area contributed by atoms with Gasteiger partial charge in [-0.1, -0.05) is 37.1 Å². The average Bonchev–Trinajstić information content (AvgIpc) is 3.21. The molecule has 0 unspecified atom stereocenters. The van der Waals surface area contributed by atoms with E-state index >= 15 is 0 Å². The smallest absolute Gasteiger partial charge is 0.258 e. The Morgan fingerprint density at radius 3 is 2.56 bits per heavy atom. The number of nitrogens with one attached hydrogen (secondary N) is 1. The summed E-state index contributed by atoms with van der Waals surface area (Å²) in [4.78, 5) is 26.4. The number of carbonyl (C=O) groups is 2. The quantitative estimate of drug-likeness (QED) is 0.898. The van der Waals surface area contributed by atoms with Gasteiger partial charge in [-0.05, 0) is 42.7 Å². The lowest BCUT2D eigenvalue weighted by Crippen LogP contribution is -2.35. The van der Waals surface area contributed by atoms with Gasteiger partial charge < -0.3 is 10.2 Å². The van der Waals surface area contributed by atoms with Crippen molar-refractivity contribution in [3.63, 3.8) is 0 Å². The maximum absolute atomic E-state index is 13.2. The van der Waals surface area contributed by atoms with Crippen LogP contribution in [-0.2, 0) is 10.2 Å². The molecule has 1 heterocycles. The molecule has 2 aliphatic rings. The molecule has 1 aliphatic carbocycles. The maximum atomic E-state index is 13.2. The Morgan fingerprint density at radius 2 is 1.80 bits per heavy atom. The van der Waals surface area contributed by atoms with Crippen LogP contribution < -0.4 is 10.2 Å². The molecule has 0 bridgehead atoms. The van der Waals surface area contributed by atoms with Crippen LogP contribution in [0.25, 0.3) is 0 Å². The monoisotopic (exact) mass is 334 g/mol. The Hall–Kier alpha value is -2.62. The first kappa shape index (κ1) is 15.9. The molecule has 0 aromatic heterocycles. The van der Waals surface area contributed by atoms with Crippen LogP contribution in [0.2, 0.25) is 0 Å². The lowest BCUT2D eigenvalue weighted by molar-refractivity contribution is -0.114. The molecule has 1 saturated carbocycles. The molecule has 25 heavy (non-hydrogen) atoms. The van der Waals surface area contributed by atoms with E-state index < -0.39 is 0 Å². The summed E-state index contributed by atoms with van der Waals surface area (Å²) in [5.74, 6) is -0.135. The van der Waals surface area contributed by atoms with Crippen LogP contribution in [0.1, 0.15) is 48.5 Å². The molecule has 4 rings (SSSR count). The molecule has 128 valence electrons. The van der Waals surface area contributed by atoms with E-state index in [0.29, 0.717) is 11.3 Å². The van der Waals surface area contributed by atoms with Gasteiger partial charge in [-0.2, -0.15) is 0 Å². The van der Waals surface area contributed by atoms with Gasteiger partial charge in [-0.25, -0.2) is 0 Å². The third-order valence-corrected chi connectivity index (χ3v) is 5.46. The molecule has 1 N–H and O–H groups in total. The van der Waals surface area contributed by atoms with E-state index in [2.05, 4.69) is 23.5 Å². The zero-order valence-electron chi connectivity index (χ0n) is 14.4. The fraction of sp³-hybridized carbons (Fsp3) is 0.333. The first-order chi connectivity index (χ1) is 12.1. The van der Waals surface area contributed by atoms with Gasteiger partial charge in [0, 0.05) is 35.8 Å². The summed E-state index contributed by atoms with van der Waals surface area (Å²) in [6, 6.07) is 15.5. The zero-order chi connectivity index (χ0) is 17.4. The summed E-state index contributed by atoms with van der Waals surface area (Å²) >= 11 is 0. The number of benzene rings is 2. The molecule has 4 heteroatoms. The van der Waals surface area contributed by atoms with Crippen molar-refractivity contribution < 1.29 is 9.59 Å². The fourth-order valence-electron chi connectivity index (χ4n) is 4.38. The van der Waals surface area contributed by atoms with E-state index in [9.17, 15) is 9.59 Å². The Kier molecular flexibility index (Phi) is 3.83. The minimum Gasteiger partial charge on any atom is -0.326 e. The van der Waals surface area contributed by atoms with Gasteiger partial charge in [-0.3, -0.25) is 9.59 Å². The SMILES string of the molecule is CC(=O)Nc1cccc(C(=O)N2CC3(CCCC3)c3ccccc32)c1. The highest BCUT2D eigenvalue weighted by atomic mass is 16.2. The Balaban J connectivity index is 1.68. The first-order valence-corrected chi connectivity index (χ1v) is 8.88. The van der Waals surface area contributed by atoms with Crippen LogP contribution in [0.15, 0.2) is 48.5 Å². The van der Waals surface area contributed by atoms with Crippen molar-refractivity contribution in [2.45, 2.75) is 38.0 Å². The summed E-state index contributed by atoms with van der Waals surface area (Å²) < 4.78 is 0. The number of carbonyl (C=O) groups excluding carboxylic acids is 2. The first-order valence-electron chi connectivity index (χ1n) is 8.88. The Labute approximate surface area is 147 Å². The standard InChI is InChI=1S/C21H22N2O2/c1-15(24)22-17-8-6-7-16(13-17)20(25)23-14-21(11-4-5-12-21)18-9-2-3-10-19(18)23/h2-3,6-10,13H,4-5,11-12,14H2,1H3,(H,22,24). The summed E-state index contributed by atoms with van der Waals surface area (Å²) in [5.41, 5.74) is 3.75. The molecule has 2 amide bonds. The molecular formula is C21H22N2O2. The number of hydrogen-bond donors (Lipinski definition) is 1. The molecule has 2 aromatic carbocycles. The molecule has 1 aliphatic heterocycles. The van der Waals surface area contributed by atoms with E-state index in [-0.39, 0.29) is 17.2 Å². The molecule has 0 saturated heterocycles. The fourth-order valence-corrected chi connectivity index (χ4v) is 4.38. The van der Waals surface area contributed by atoms with Gasteiger partial charge in [0.05, 0.1) is 0 Å². The Bertz CT molecular complexity index is 837. The Morgan fingerprint density at radius 1 is 1.04 bits per heavy atom. The minimum atomic E-state index is -0.138. The highest BCUT2D eigenvalue weighted by Crippen LogP contribution is 2.50. The number of nitrogens with zero attached hydrogens (tertiary/aromatic N) is 1. The van der Waals surface area contributed by atoms with Crippen molar-refractivity contribution in [1.82, 2.24) is 0 Å². The third-order valence-electron chi connectivity index (χ3n) is 5.46.